The van der Waals surface area contributed by atoms with Crippen LogP contribution in [0.1, 0.15) is 51.9 Å². The summed E-state index contributed by atoms with van der Waals surface area (Å²) in [5.41, 5.74) is 2.44. The predicted molar refractivity (Wildman–Crippen MR) is 79.9 cm³/mol. The Labute approximate surface area is 125 Å². The van der Waals surface area contributed by atoms with Crippen LogP contribution in [0, 0.1) is 19.8 Å². The summed E-state index contributed by atoms with van der Waals surface area (Å²) in [5.74, 6) is 0.368. The maximum absolute atomic E-state index is 12.5. The van der Waals surface area contributed by atoms with E-state index < -0.39 is 0 Å². The number of quaternary nitrogens is 1. The van der Waals surface area contributed by atoms with Crippen molar-refractivity contribution in [1.82, 2.24) is 4.98 Å². The Bertz CT molecular complexity index is 548. The van der Waals surface area contributed by atoms with Crippen LogP contribution in [0.5, 0.6) is 0 Å². The van der Waals surface area contributed by atoms with E-state index in [1.54, 1.807) is 13.8 Å². The molecule has 0 bridgehead atoms. The topological polar surface area (TPSA) is 63.6 Å². The van der Waals surface area contributed by atoms with Crippen molar-refractivity contribution in [3.05, 3.63) is 22.5 Å². The van der Waals surface area contributed by atoms with Crippen molar-refractivity contribution in [2.45, 2.75) is 33.6 Å². The number of piperidine rings is 1. The van der Waals surface area contributed by atoms with Crippen molar-refractivity contribution in [3.8, 4) is 0 Å². The molecule has 2 atom stereocenters. The van der Waals surface area contributed by atoms with E-state index in [9.17, 15) is 9.59 Å². The maximum atomic E-state index is 12.5. The van der Waals surface area contributed by atoms with Gasteiger partial charge in [0.15, 0.2) is 0 Å². The molecule has 1 aromatic rings. The Balaban J connectivity index is 2.14. The zero-order valence-corrected chi connectivity index (χ0v) is 13.3. The van der Waals surface area contributed by atoms with Crippen LogP contribution in [-0.2, 0) is 4.74 Å². The number of hydrogen-bond donors (Lipinski definition) is 2. The van der Waals surface area contributed by atoms with Crippen LogP contribution < -0.4 is 4.90 Å². The highest BCUT2D eigenvalue weighted by atomic mass is 16.5. The summed E-state index contributed by atoms with van der Waals surface area (Å²) < 4.78 is 4.78. The van der Waals surface area contributed by atoms with Crippen molar-refractivity contribution < 1.29 is 19.2 Å². The van der Waals surface area contributed by atoms with Gasteiger partial charge >= 0.3 is 5.97 Å². The molecule has 1 saturated heterocycles. The van der Waals surface area contributed by atoms with Gasteiger partial charge in [-0.15, -0.1) is 0 Å². The molecule has 116 valence electrons. The van der Waals surface area contributed by atoms with Gasteiger partial charge in [-0.05, 0) is 32.3 Å². The number of H-pyrrole nitrogens is 1. The van der Waals surface area contributed by atoms with Gasteiger partial charge in [-0.25, -0.2) is 4.79 Å². The van der Waals surface area contributed by atoms with Crippen LogP contribution in [0.3, 0.4) is 0 Å². The number of carbonyl (C=O) groups is 2. The number of ether oxygens (including phenoxy) is 1. The van der Waals surface area contributed by atoms with Crippen LogP contribution in [0.25, 0.3) is 0 Å². The Morgan fingerprint density at radius 1 is 1.38 bits per heavy atom. The van der Waals surface area contributed by atoms with Crippen molar-refractivity contribution in [2.75, 3.05) is 26.7 Å². The second-order valence-corrected chi connectivity index (χ2v) is 6.17. The standard InChI is InChI=1S/C16H24N2O3/c1-10-6-5-7-18(8-10)9-13(19)15-11(2)14(12(3)17-15)16(20)21-4/h10,17H,5-9H2,1-4H3/p+1/t10-/m1/s1. The average molecular weight is 293 g/mol. The average Bonchev–Trinajstić information content (AvgIpc) is 2.73. The lowest BCUT2D eigenvalue weighted by Gasteiger charge is -2.27. The fourth-order valence-electron chi connectivity index (χ4n) is 3.31. The minimum absolute atomic E-state index is 0.0786. The molecular formula is C16H25N2O3+. The van der Waals surface area contributed by atoms with E-state index in [0.717, 1.165) is 13.1 Å². The van der Waals surface area contributed by atoms with E-state index in [0.29, 0.717) is 35.0 Å². The number of methoxy groups -OCH3 is 1. The number of carbonyl (C=O) groups excluding carboxylic acids is 2. The molecule has 5 heteroatoms. The molecule has 1 unspecified atom stereocenters. The molecule has 2 rings (SSSR count). The Kier molecular flexibility index (Phi) is 4.83. The first-order valence-corrected chi connectivity index (χ1v) is 7.58. The summed E-state index contributed by atoms with van der Waals surface area (Å²) in [7, 11) is 1.36. The molecule has 21 heavy (non-hydrogen) atoms. The second-order valence-electron chi connectivity index (χ2n) is 6.17. The highest BCUT2D eigenvalue weighted by molar-refractivity contribution is 6.01. The molecule has 0 aromatic carbocycles. The quantitative estimate of drug-likeness (QED) is 0.641. The van der Waals surface area contributed by atoms with E-state index in [1.807, 2.05) is 0 Å². The Morgan fingerprint density at radius 3 is 2.71 bits per heavy atom. The van der Waals surface area contributed by atoms with Gasteiger partial charge in [-0.3, -0.25) is 4.79 Å². The van der Waals surface area contributed by atoms with Gasteiger partial charge in [-0.1, -0.05) is 6.92 Å². The lowest BCUT2D eigenvalue weighted by molar-refractivity contribution is -0.900. The third-order valence-electron chi connectivity index (χ3n) is 4.38. The second kappa shape index (κ2) is 6.43. The van der Waals surface area contributed by atoms with Gasteiger partial charge in [0, 0.05) is 11.6 Å². The highest BCUT2D eigenvalue weighted by Crippen LogP contribution is 2.19. The van der Waals surface area contributed by atoms with E-state index in [1.165, 1.54) is 24.9 Å². The number of likely N-dealkylation sites (tertiary alicyclic amines) is 1. The minimum atomic E-state index is -0.390. The van der Waals surface area contributed by atoms with Gasteiger partial charge in [0.25, 0.3) is 0 Å². The Morgan fingerprint density at radius 2 is 2.10 bits per heavy atom. The summed E-state index contributed by atoms with van der Waals surface area (Å²) in [4.78, 5) is 28.7. The molecule has 1 aromatic heterocycles. The molecule has 2 N–H and O–H groups in total. The van der Waals surface area contributed by atoms with E-state index >= 15 is 0 Å². The van der Waals surface area contributed by atoms with Gasteiger partial charge in [0.1, 0.15) is 6.54 Å². The first-order valence-electron chi connectivity index (χ1n) is 7.58. The highest BCUT2D eigenvalue weighted by Gasteiger charge is 2.27. The molecule has 0 aliphatic carbocycles. The molecule has 0 radical (unpaired) electrons. The molecular weight excluding hydrogens is 268 g/mol. The van der Waals surface area contributed by atoms with E-state index in [-0.39, 0.29) is 11.8 Å². The van der Waals surface area contributed by atoms with Gasteiger partial charge in [0.05, 0.1) is 31.5 Å². The van der Waals surface area contributed by atoms with E-state index in [4.69, 9.17) is 4.74 Å². The number of ketones is 1. The SMILES string of the molecule is COC(=O)c1c(C)[nH]c(C(=O)C[NH+]2CCC[C@@H](C)C2)c1C. The molecule has 1 aliphatic heterocycles. The van der Waals surface area contributed by atoms with Gasteiger partial charge in [0.2, 0.25) is 5.78 Å². The lowest BCUT2D eigenvalue weighted by atomic mass is 10.00. The lowest BCUT2D eigenvalue weighted by Crippen LogP contribution is -3.14. The first-order chi connectivity index (χ1) is 9.93. The van der Waals surface area contributed by atoms with Crippen LogP contribution >= 0.6 is 0 Å². The monoisotopic (exact) mass is 293 g/mol. The van der Waals surface area contributed by atoms with Gasteiger partial charge < -0.3 is 14.6 Å². The normalized spacial score (nSPS) is 22.1. The van der Waals surface area contributed by atoms with Crippen LogP contribution in [0.2, 0.25) is 0 Å². The number of esters is 1. The number of hydrogen-bond acceptors (Lipinski definition) is 3. The summed E-state index contributed by atoms with van der Waals surface area (Å²) in [6, 6.07) is 0. The van der Waals surface area contributed by atoms with Gasteiger partial charge in [-0.2, -0.15) is 0 Å². The summed E-state index contributed by atoms with van der Waals surface area (Å²) in [6.07, 6.45) is 2.44. The fraction of sp³-hybridized carbons (Fsp3) is 0.625. The largest absolute Gasteiger partial charge is 0.465 e. The molecule has 0 amide bonds. The first kappa shape index (κ1) is 15.8. The number of aromatic nitrogens is 1. The molecule has 0 spiro atoms. The maximum Gasteiger partial charge on any atom is 0.339 e. The van der Waals surface area contributed by atoms with Crippen LogP contribution in [-0.4, -0.2) is 43.5 Å². The minimum Gasteiger partial charge on any atom is -0.465 e. The third kappa shape index (κ3) is 3.35. The van der Waals surface area contributed by atoms with Crippen LogP contribution in [0.15, 0.2) is 0 Å². The van der Waals surface area contributed by atoms with Crippen molar-refractivity contribution in [2.24, 2.45) is 5.92 Å². The summed E-state index contributed by atoms with van der Waals surface area (Å²) >= 11 is 0. The predicted octanol–water partition coefficient (Wildman–Crippen LogP) is 0.916. The van der Waals surface area contributed by atoms with Crippen LogP contribution in [0.4, 0.5) is 0 Å². The summed E-state index contributed by atoms with van der Waals surface area (Å²) in [6.45, 7) is 8.44. The number of aromatic amines is 1. The molecule has 1 aliphatic rings. The molecule has 2 heterocycles. The molecule has 1 fully saturated rings. The zero-order valence-electron chi connectivity index (χ0n) is 13.3. The van der Waals surface area contributed by atoms with E-state index in [2.05, 4.69) is 11.9 Å². The number of rotatable bonds is 4. The number of Topliss-reactive ketones (excluding diaryl/α,β-unsaturated/α-hetero) is 1. The molecule has 0 saturated carbocycles. The summed E-state index contributed by atoms with van der Waals surface area (Å²) in [5, 5.41) is 0. The van der Waals surface area contributed by atoms with Crippen molar-refractivity contribution >= 4 is 11.8 Å². The molecule has 5 nitrogen and oxygen atoms in total. The Hall–Kier alpha value is -1.62. The van der Waals surface area contributed by atoms with Crippen molar-refractivity contribution in [1.29, 1.82) is 0 Å². The number of nitrogens with one attached hydrogen (secondary N) is 2. The zero-order chi connectivity index (χ0) is 15.6. The smallest absolute Gasteiger partial charge is 0.339 e. The van der Waals surface area contributed by atoms with Crippen molar-refractivity contribution in [3.63, 3.8) is 0 Å². The number of aryl methyl sites for hydroxylation is 1. The third-order valence-corrected chi connectivity index (χ3v) is 4.38. The fourth-order valence-corrected chi connectivity index (χ4v) is 3.31.